The number of rotatable bonds is 5. The Morgan fingerprint density at radius 3 is 2.31 bits per heavy atom. The molecule has 0 bridgehead atoms. The number of nitrogens with two attached hydrogens (primary N) is 1. The first-order chi connectivity index (χ1) is 7.35. The Hall–Kier alpha value is -0.0800. The molecule has 16 heavy (non-hydrogen) atoms. The molecule has 0 radical (unpaired) electrons. The molecule has 1 fully saturated rings. The molecule has 0 unspecified atom stereocenters. The van der Waals surface area contributed by atoms with Gasteiger partial charge in [-0.2, -0.15) is 0 Å². The van der Waals surface area contributed by atoms with Gasteiger partial charge >= 0.3 is 0 Å². The van der Waals surface area contributed by atoms with E-state index in [4.69, 9.17) is 10.5 Å². The maximum Gasteiger partial charge on any atom is 0.0575 e. The second-order valence-electron chi connectivity index (χ2n) is 6.85. The van der Waals surface area contributed by atoms with Gasteiger partial charge in [0.05, 0.1) is 6.10 Å². The summed E-state index contributed by atoms with van der Waals surface area (Å²) in [6.45, 7) is 10.8. The van der Waals surface area contributed by atoms with E-state index in [-0.39, 0.29) is 5.41 Å². The van der Waals surface area contributed by atoms with Crippen molar-refractivity contribution in [3.05, 3.63) is 0 Å². The number of hydrogen-bond donors (Lipinski definition) is 1. The van der Waals surface area contributed by atoms with Gasteiger partial charge in [0.25, 0.3) is 0 Å². The number of ether oxygens (including phenoxy) is 1. The quantitative estimate of drug-likeness (QED) is 0.781. The van der Waals surface area contributed by atoms with E-state index in [2.05, 4.69) is 27.7 Å². The van der Waals surface area contributed by atoms with Gasteiger partial charge in [-0.05, 0) is 49.5 Å². The standard InChI is InChI=1S/C14H29NO/c1-13(2)7-5-12(6-8-13)16-10-9-14(3,4)11-15/h12H,5-11,15H2,1-4H3. The Labute approximate surface area is 101 Å². The highest BCUT2D eigenvalue weighted by molar-refractivity contribution is 4.79. The SMILES string of the molecule is CC(C)(CN)CCOC1CCC(C)(C)CC1. The summed E-state index contributed by atoms with van der Waals surface area (Å²) < 4.78 is 5.96. The number of hydrogen-bond acceptors (Lipinski definition) is 2. The van der Waals surface area contributed by atoms with E-state index in [0.29, 0.717) is 11.5 Å². The third-order valence-electron chi connectivity index (χ3n) is 3.97. The zero-order chi connectivity index (χ0) is 12.2. The van der Waals surface area contributed by atoms with E-state index in [1.807, 2.05) is 0 Å². The molecule has 0 aromatic rings. The molecule has 0 atom stereocenters. The van der Waals surface area contributed by atoms with Crippen LogP contribution in [0.1, 0.15) is 59.8 Å². The summed E-state index contributed by atoms with van der Waals surface area (Å²) in [5.74, 6) is 0. The van der Waals surface area contributed by atoms with Crippen LogP contribution in [0.2, 0.25) is 0 Å². The first kappa shape index (κ1) is 14.0. The normalized spacial score (nSPS) is 22.3. The van der Waals surface area contributed by atoms with Crippen LogP contribution in [0.3, 0.4) is 0 Å². The predicted octanol–water partition coefficient (Wildman–Crippen LogP) is 3.35. The minimum absolute atomic E-state index is 0.230. The summed E-state index contributed by atoms with van der Waals surface area (Å²) in [4.78, 5) is 0. The average molecular weight is 227 g/mol. The molecule has 0 heterocycles. The zero-order valence-corrected chi connectivity index (χ0v) is 11.5. The van der Waals surface area contributed by atoms with Crippen molar-refractivity contribution >= 4 is 0 Å². The van der Waals surface area contributed by atoms with Crippen molar-refractivity contribution in [3.8, 4) is 0 Å². The van der Waals surface area contributed by atoms with Gasteiger partial charge in [0.1, 0.15) is 0 Å². The third-order valence-corrected chi connectivity index (χ3v) is 3.97. The third kappa shape index (κ3) is 4.84. The second kappa shape index (κ2) is 5.50. The minimum Gasteiger partial charge on any atom is -0.378 e. The highest BCUT2D eigenvalue weighted by Gasteiger charge is 2.27. The molecule has 0 saturated heterocycles. The molecule has 96 valence electrons. The molecule has 0 aromatic carbocycles. The minimum atomic E-state index is 0.230. The predicted molar refractivity (Wildman–Crippen MR) is 69.4 cm³/mol. The lowest BCUT2D eigenvalue weighted by Gasteiger charge is -2.34. The van der Waals surface area contributed by atoms with Crippen molar-refractivity contribution < 1.29 is 4.74 Å². The molecule has 0 amide bonds. The van der Waals surface area contributed by atoms with Gasteiger partial charge in [-0.15, -0.1) is 0 Å². The van der Waals surface area contributed by atoms with Crippen molar-refractivity contribution in [3.63, 3.8) is 0 Å². The van der Waals surface area contributed by atoms with E-state index in [1.54, 1.807) is 0 Å². The fourth-order valence-electron chi connectivity index (χ4n) is 2.14. The lowest BCUT2D eigenvalue weighted by atomic mass is 9.76. The lowest BCUT2D eigenvalue weighted by molar-refractivity contribution is -0.00596. The second-order valence-corrected chi connectivity index (χ2v) is 6.85. The Morgan fingerprint density at radius 2 is 1.81 bits per heavy atom. The zero-order valence-electron chi connectivity index (χ0n) is 11.5. The summed E-state index contributed by atoms with van der Waals surface area (Å²) in [5, 5.41) is 0. The molecular formula is C14H29NO. The average Bonchev–Trinajstić information content (AvgIpc) is 2.20. The molecule has 2 heteroatoms. The molecule has 0 aromatic heterocycles. The van der Waals surface area contributed by atoms with Crippen molar-refractivity contribution in [2.24, 2.45) is 16.6 Å². The largest absolute Gasteiger partial charge is 0.378 e. The van der Waals surface area contributed by atoms with Crippen molar-refractivity contribution in [2.45, 2.75) is 65.9 Å². The first-order valence-electron chi connectivity index (χ1n) is 6.66. The van der Waals surface area contributed by atoms with Gasteiger partial charge in [0.2, 0.25) is 0 Å². The van der Waals surface area contributed by atoms with Crippen LogP contribution in [0.5, 0.6) is 0 Å². The first-order valence-corrected chi connectivity index (χ1v) is 6.66. The highest BCUT2D eigenvalue weighted by Crippen LogP contribution is 2.36. The van der Waals surface area contributed by atoms with E-state index in [0.717, 1.165) is 19.6 Å². The van der Waals surface area contributed by atoms with Gasteiger partial charge in [0, 0.05) is 6.61 Å². The van der Waals surface area contributed by atoms with Crippen LogP contribution in [0.4, 0.5) is 0 Å². The molecule has 0 spiro atoms. The van der Waals surface area contributed by atoms with Crippen LogP contribution < -0.4 is 5.73 Å². The van der Waals surface area contributed by atoms with Crippen LogP contribution in [-0.4, -0.2) is 19.3 Å². The molecule has 2 nitrogen and oxygen atoms in total. The Morgan fingerprint density at radius 1 is 1.25 bits per heavy atom. The molecule has 1 saturated carbocycles. The van der Waals surface area contributed by atoms with E-state index in [9.17, 15) is 0 Å². The molecule has 0 aliphatic heterocycles. The summed E-state index contributed by atoms with van der Waals surface area (Å²) in [6, 6.07) is 0. The summed E-state index contributed by atoms with van der Waals surface area (Å²) in [7, 11) is 0. The maximum absolute atomic E-state index is 5.96. The summed E-state index contributed by atoms with van der Waals surface area (Å²) in [5.41, 5.74) is 6.47. The molecule has 1 aliphatic rings. The van der Waals surface area contributed by atoms with Gasteiger partial charge in [0.15, 0.2) is 0 Å². The summed E-state index contributed by atoms with van der Waals surface area (Å²) in [6.07, 6.45) is 6.65. The molecule has 2 N–H and O–H groups in total. The van der Waals surface area contributed by atoms with Crippen LogP contribution in [-0.2, 0) is 4.74 Å². The van der Waals surface area contributed by atoms with Crippen LogP contribution in [0.25, 0.3) is 0 Å². The fraction of sp³-hybridized carbons (Fsp3) is 1.00. The van der Waals surface area contributed by atoms with Crippen molar-refractivity contribution in [2.75, 3.05) is 13.2 Å². The van der Waals surface area contributed by atoms with Gasteiger partial charge in [-0.25, -0.2) is 0 Å². The monoisotopic (exact) mass is 227 g/mol. The van der Waals surface area contributed by atoms with Crippen molar-refractivity contribution in [1.29, 1.82) is 0 Å². The molecule has 1 rings (SSSR count). The summed E-state index contributed by atoms with van der Waals surface area (Å²) >= 11 is 0. The Bertz CT molecular complexity index is 201. The molecule has 1 aliphatic carbocycles. The van der Waals surface area contributed by atoms with Crippen LogP contribution in [0.15, 0.2) is 0 Å². The van der Waals surface area contributed by atoms with Gasteiger partial charge in [-0.3, -0.25) is 0 Å². The smallest absolute Gasteiger partial charge is 0.0575 e. The van der Waals surface area contributed by atoms with E-state index < -0.39 is 0 Å². The topological polar surface area (TPSA) is 35.2 Å². The van der Waals surface area contributed by atoms with E-state index in [1.165, 1.54) is 25.7 Å². The fourth-order valence-corrected chi connectivity index (χ4v) is 2.14. The van der Waals surface area contributed by atoms with Crippen LogP contribution >= 0.6 is 0 Å². The van der Waals surface area contributed by atoms with Gasteiger partial charge < -0.3 is 10.5 Å². The maximum atomic E-state index is 5.96. The Kier molecular flexibility index (Phi) is 4.81. The molecular weight excluding hydrogens is 198 g/mol. The van der Waals surface area contributed by atoms with Crippen LogP contribution in [0, 0.1) is 10.8 Å². The van der Waals surface area contributed by atoms with Gasteiger partial charge in [-0.1, -0.05) is 27.7 Å². The van der Waals surface area contributed by atoms with Crippen molar-refractivity contribution in [1.82, 2.24) is 0 Å². The van der Waals surface area contributed by atoms with E-state index >= 15 is 0 Å². The highest BCUT2D eigenvalue weighted by atomic mass is 16.5. The lowest BCUT2D eigenvalue weighted by Crippen LogP contribution is -2.29. The Balaban J connectivity index is 2.16.